The predicted octanol–water partition coefficient (Wildman–Crippen LogP) is 3.32. The van der Waals surface area contributed by atoms with Crippen LogP contribution in [0.4, 0.5) is 0 Å². The lowest BCUT2D eigenvalue weighted by Crippen LogP contribution is -2.59. The van der Waals surface area contributed by atoms with Gasteiger partial charge in [0.2, 0.25) is 0 Å². The summed E-state index contributed by atoms with van der Waals surface area (Å²) >= 11 is 1.94. The van der Waals surface area contributed by atoms with Crippen LogP contribution in [0.25, 0.3) is 0 Å². The van der Waals surface area contributed by atoms with Gasteiger partial charge in [0.15, 0.2) is 0 Å². The third-order valence-corrected chi connectivity index (χ3v) is 8.43. The highest BCUT2D eigenvalue weighted by Crippen LogP contribution is 2.53. The molecule has 6 rings (SSSR count). The summed E-state index contributed by atoms with van der Waals surface area (Å²) in [5, 5.41) is 0. The molecule has 6 atom stereocenters. The van der Waals surface area contributed by atoms with Crippen LogP contribution in [0.3, 0.4) is 0 Å². The zero-order valence-corrected chi connectivity index (χ0v) is 20.1. The summed E-state index contributed by atoms with van der Waals surface area (Å²) in [5.74, 6) is 1.02. The lowest BCUT2D eigenvalue weighted by molar-refractivity contribution is -0.938. The molecule has 32 heavy (non-hydrogen) atoms. The Morgan fingerprint density at radius 3 is 2.22 bits per heavy atom. The normalized spacial score (nSPS) is 33.6. The molecule has 8 heteroatoms. The summed E-state index contributed by atoms with van der Waals surface area (Å²) in [6.07, 6.45) is 4.13. The molecule has 0 spiro atoms. The van der Waals surface area contributed by atoms with Crippen LogP contribution in [-0.2, 0) is 25.3 Å². The number of rotatable bonds is 2. The van der Waals surface area contributed by atoms with Crippen molar-refractivity contribution in [1.82, 2.24) is 0 Å². The lowest BCUT2D eigenvalue weighted by Gasteiger charge is -2.46. The molecular weight excluding hydrogens is 446 g/mol. The molecule has 2 bridgehead atoms. The van der Waals surface area contributed by atoms with Crippen LogP contribution in [0.15, 0.2) is 53.4 Å². The monoisotopic (exact) mass is 475 g/mol. The van der Waals surface area contributed by atoms with E-state index in [1.54, 1.807) is 0 Å². The number of fused-ring (bicyclic) bond motifs is 7. The zero-order chi connectivity index (χ0) is 22.7. The summed E-state index contributed by atoms with van der Waals surface area (Å²) in [4.78, 5) is 1.36. The molecule has 0 radical (unpaired) electrons. The van der Waals surface area contributed by atoms with Gasteiger partial charge < -0.3 is 18.5 Å². The average Bonchev–Trinajstić information content (AvgIpc) is 3.49. The van der Waals surface area contributed by atoms with E-state index in [1.807, 2.05) is 11.8 Å². The van der Waals surface area contributed by atoms with E-state index in [1.165, 1.54) is 21.6 Å². The van der Waals surface area contributed by atoms with Gasteiger partial charge in [-0.05, 0) is 22.8 Å². The van der Waals surface area contributed by atoms with Crippen LogP contribution in [0.2, 0.25) is 0 Å². The molecule has 4 aliphatic heterocycles. The van der Waals surface area contributed by atoms with Gasteiger partial charge >= 0.3 is 0 Å². The van der Waals surface area contributed by atoms with E-state index in [9.17, 15) is 0 Å². The Kier molecular flexibility index (Phi) is 5.67. The summed E-state index contributed by atoms with van der Waals surface area (Å²) < 4.78 is 41.2. The van der Waals surface area contributed by atoms with Gasteiger partial charge in [0.05, 0.1) is 30.3 Å². The van der Waals surface area contributed by atoms with Crippen molar-refractivity contribution in [2.24, 2.45) is 0 Å². The van der Waals surface area contributed by atoms with Crippen LogP contribution < -0.4 is 0 Å². The van der Waals surface area contributed by atoms with Crippen LogP contribution in [0.1, 0.15) is 35.6 Å². The second-order valence-electron chi connectivity index (χ2n) is 9.67. The Balaban J connectivity index is 0.000000393. The molecule has 4 unspecified atom stereocenters. The van der Waals surface area contributed by atoms with E-state index in [2.05, 4.69) is 62.6 Å². The van der Waals surface area contributed by atoms with Crippen molar-refractivity contribution >= 4 is 21.9 Å². The number of quaternary nitrogens is 1. The van der Waals surface area contributed by atoms with E-state index in [0.29, 0.717) is 36.7 Å². The third-order valence-electron chi connectivity index (χ3n) is 7.29. The standard InChI is InChI=1S/C23H26NO2S.CH4O3S/c1-24(2)18-11-15(12-19(24)23-22(18)26-23)25-21-16-8-4-3-7-14(16)13-27-20-10-6-5-9-17(20)21;1-5(2,3)4/h3-10,15,18-19,21-23H,11-13H2,1-2H3;1H3,(H,2,3,4)/q+1;/p-1/t15?,18?,19?,21?,22-,23+;. The number of ether oxygens (including phenoxy) is 2. The topological polar surface area (TPSA) is 79.0 Å². The molecule has 2 aromatic carbocycles. The quantitative estimate of drug-likeness (QED) is 0.377. The van der Waals surface area contributed by atoms with Gasteiger partial charge in [0.1, 0.15) is 30.4 Å². The van der Waals surface area contributed by atoms with E-state index in [4.69, 9.17) is 22.4 Å². The van der Waals surface area contributed by atoms with Crippen LogP contribution >= 0.6 is 11.8 Å². The molecule has 3 saturated heterocycles. The first-order valence-corrected chi connectivity index (χ1v) is 13.8. The SMILES string of the molecule is CS(=O)(=O)[O-].C[N+]1(C)C2CC(OC3c4ccccc4CSc4ccccc43)CC1[C@@H]1O[C@H]21. The minimum absolute atomic E-state index is 0.0442. The van der Waals surface area contributed by atoms with Gasteiger partial charge in [-0.1, -0.05) is 42.5 Å². The molecule has 4 heterocycles. The molecule has 6 nitrogen and oxygen atoms in total. The van der Waals surface area contributed by atoms with Crippen molar-refractivity contribution in [3.63, 3.8) is 0 Å². The Labute approximate surface area is 194 Å². The van der Waals surface area contributed by atoms with Gasteiger partial charge in [-0.25, -0.2) is 8.42 Å². The minimum Gasteiger partial charge on any atom is -0.748 e. The molecule has 172 valence electrons. The van der Waals surface area contributed by atoms with Crippen molar-refractivity contribution in [3.05, 3.63) is 65.2 Å². The van der Waals surface area contributed by atoms with Gasteiger partial charge in [-0.3, -0.25) is 0 Å². The van der Waals surface area contributed by atoms with E-state index >= 15 is 0 Å². The number of epoxide rings is 1. The van der Waals surface area contributed by atoms with Crippen molar-refractivity contribution in [3.8, 4) is 0 Å². The highest BCUT2D eigenvalue weighted by molar-refractivity contribution is 7.98. The summed E-state index contributed by atoms with van der Waals surface area (Å²) in [5.41, 5.74) is 4.09. The van der Waals surface area contributed by atoms with Gasteiger partial charge in [-0.2, -0.15) is 0 Å². The first-order valence-electron chi connectivity index (χ1n) is 11.0. The van der Waals surface area contributed by atoms with Crippen LogP contribution in [-0.4, -0.2) is 68.2 Å². The van der Waals surface area contributed by atoms with E-state index in [0.717, 1.165) is 23.1 Å². The fraction of sp³-hybridized carbons (Fsp3) is 0.500. The first-order chi connectivity index (χ1) is 15.1. The smallest absolute Gasteiger partial charge is 0.142 e. The number of benzene rings is 2. The Hall–Kier alpha value is -1.42. The van der Waals surface area contributed by atoms with Crippen molar-refractivity contribution in [2.75, 3.05) is 20.4 Å². The highest BCUT2D eigenvalue weighted by atomic mass is 32.2. The highest BCUT2D eigenvalue weighted by Gasteiger charge is 2.70. The first kappa shape index (κ1) is 22.4. The number of hydrogen-bond acceptors (Lipinski definition) is 6. The van der Waals surface area contributed by atoms with E-state index < -0.39 is 10.1 Å². The maximum Gasteiger partial charge on any atom is 0.142 e. The Morgan fingerprint density at radius 1 is 1.00 bits per heavy atom. The zero-order valence-electron chi connectivity index (χ0n) is 18.5. The molecule has 2 aromatic rings. The number of likely N-dealkylation sites (N-methyl/N-ethyl adjacent to an activating group) is 1. The maximum absolute atomic E-state index is 9.08. The molecule has 0 aliphatic carbocycles. The molecule has 0 amide bonds. The molecule has 0 aromatic heterocycles. The fourth-order valence-electron chi connectivity index (χ4n) is 5.73. The summed E-state index contributed by atoms with van der Waals surface area (Å²) in [6.45, 7) is 0. The van der Waals surface area contributed by atoms with Crippen molar-refractivity contribution in [2.45, 2.75) is 60.0 Å². The van der Waals surface area contributed by atoms with E-state index in [-0.39, 0.29) is 6.10 Å². The average molecular weight is 476 g/mol. The Bertz CT molecular complexity index is 1040. The number of morpholine rings is 1. The largest absolute Gasteiger partial charge is 0.748 e. The summed E-state index contributed by atoms with van der Waals surface area (Å²) in [6, 6.07) is 18.8. The molecular formula is C24H29NO5S2. The third kappa shape index (κ3) is 4.24. The molecule has 0 N–H and O–H groups in total. The summed E-state index contributed by atoms with van der Waals surface area (Å²) in [7, 11) is 0.849. The fourth-order valence-corrected chi connectivity index (χ4v) is 6.82. The number of hydrogen-bond donors (Lipinski definition) is 0. The number of piperidine rings is 1. The number of nitrogens with zero attached hydrogens (tertiary/aromatic N) is 1. The predicted molar refractivity (Wildman–Crippen MR) is 122 cm³/mol. The van der Waals surface area contributed by atoms with Gasteiger partial charge in [-0.15, -0.1) is 11.8 Å². The molecule has 4 aliphatic rings. The number of thioether (sulfide) groups is 1. The lowest BCUT2D eigenvalue weighted by atomic mass is 9.94. The van der Waals surface area contributed by atoms with Crippen molar-refractivity contribution < 1.29 is 26.9 Å². The Morgan fingerprint density at radius 2 is 1.56 bits per heavy atom. The van der Waals surface area contributed by atoms with Crippen LogP contribution in [0, 0.1) is 0 Å². The van der Waals surface area contributed by atoms with Gasteiger partial charge in [0, 0.05) is 29.7 Å². The second kappa shape index (κ2) is 8.11. The van der Waals surface area contributed by atoms with Gasteiger partial charge in [0.25, 0.3) is 0 Å². The molecule has 0 saturated carbocycles. The maximum atomic E-state index is 9.08. The minimum atomic E-state index is -3.92. The van der Waals surface area contributed by atoms with Crippen molar-refractivity contribution in [1.29, 1.82) is 0 Å². The second-order valence-corrected chi connectivity index (χ2v) is 12.1. The molecule has 3 fully saturated rings. The van der Waals surface area contributed by atoms with Crippen LogP contribution in [0.5, 0.6) is 0 Å².